The molecule has 4 rings (SSSR count). The predicted molar refractivity (Wildman–Crippen MR) is 124 cm³/mol. The largest absolute Gasteiger partial charge is 0.366 e. The van der Waals surface area contributed by atoms with Gasteiger partial charge < -0.3 is 9.80 Å². The van der Waals surface area contributed by atoms with Gasteiger partial charge in [-0.15, -0.1) is 0 Å². The van der Waals surface area contributed by atoms with Crippen LogP contribution >= 0.6 is 11.6 Å². The van der Waals surface area contributed by atoms with Crippen molar-refractivity contribution in [2.75, 3.05) is 44.2 Å². The molecule has 9 heteroatoms. The molecule has 0 atom stereocenters. The highest BCUT2D eigenvalue weighted by Crippen LogP contribution is 2.26. The van der Waals surface area contributed by atoms with Crippen LogP contribution in [0, 0.1) is 11.7 Å². The van der Waals surface area contributed by atoms with Gasteiger partial charge in [-0.05, 0) is 42.7 Å². The molecule has 2 saturated heterocycles. The molecule has 2 aromatic carbocycles. The van der Waals surface area contributed by atoms with E-state index in [1.165, 1.54) is 10.4 Å². The average molecular weight is 480 g/mol. The van der Waals surface area contributed by atoms with Gasteiger partial charge in [0.1, 0.15) is 5.82 Å². The fraction of sp³-hybridized carbons (Fsp3) is 0.435. The van der Waals surface area contributed by atoms with Crippen LogP contribution in [0.1, 0.15) is 18.4 Å². The van der Waals surface area contributed by atoms with Crippen molar-refractivity contribution in [3.05, 3.63) is 64.9 Å². The Bertz CT molecular complexity index is 1070. The van der Waals surface area contributed by atoms with Crippen LogP contribution in [0.4, 0.5) is 10.1 Å². The molecule has 0 N–H and O–H groups in total. The average Bonchev–Trinajstić information content (AvgIpc) is 2.79. The van der Waals surface area contributed by atoms with Crippen molar-refractivity contribution in [3.8, 4) is 0 Å². The van der Waals surface area contributed by atoms with E-state index in [1.807, 2.05) is 15.9 Å². The van der Waals surface area contributed by atoms with Crippen LogP contribution < -0.4 is 4.90 Å². The van der Waals surface area contributed by atoms with Crippen LogP contribution in [-0.2, 0) is 20.6 Å². The lowest BCUT2D eigenvalue weighted by Crippen LogP contribution is -2.52. The van der Waals surface area contributed by atoms with E-state index in [1.54, 1.807) is 36.4 Å². The number of sulfonamides is 1. The Kier molecular flexibility index (Phi) is 7.02. The summed E-state index contributed by atoms with van der Waals surface area (Å²) in [7, 11) is -3.46. The molecule has 0 aromatic heterocycles. The highest BCUT2D eigenvalue weighted by Gasteiger charge is 2.34. The maximum Gasteiger partial charge on any atom is 0.225 e. The van der Waals surface area contributed by atoms with Crippen LogP contribution in [0.2, 0.25) is 5.02 Å². The van der Waals surface area contributed by atoms with Crippen molar-refractivity contribution in [1.82, 2.24) is 9.21 Å². The van der Waals surface area contributed by atoms with Gasteiger partial charge in [-0.1, -0.05) is 35.9 Å². The number of amides is 1. The third-order valence-corrected chi connectivity index (χ3v) is 8.30. The quantitative estimate of drug-likeness (QED) is 0.659. The van der Waals surface area contributed by atoms with Crippen molar-refractivity contribution >= 4 is 33.2 Å². The number of benzene rings is 2. The smallest absolute Gasteiger partial charge is 0.225 e. The van der Waals surface area contributed by atoms with Gasteiger partial charge in [-0.25, -0.2) is 17.1 Å². The number of carbonyl (C=O) groups is 1. The Morgan fingerprint density at radius 2 is 1.66 bits per heavy atom. The zero-order valence-corrected chi connectivity index (χ0v) is 19.4. The zero-order chi connectivity index (χ0) is 22.7. The van der Waals surface area contributed by atoms with Crippen molar-refractivity contribution in [2.24, 2.45) is 5.92 Å². The molecule has 0 spiro atoms. The summed E-state index contributed by atoms with van der Waals surface area (Å²) in [6.07, 6.45) is 1.03. The van der Waals surface area contributed by atoms with Gasteiger partial charge in [-0.3, -0.25) is 4.79 Å². The summed E-state index contributed by atoms with van der Waals surface area (Å²) in [5.74, 6) is -0.444. The van der Waals surface area contributed by atoms with E-state index in [-0.39, 0.29) is 23.4 Å². The number of para-hydroxylation sites is 1. The molecule has 0 aliphatic carbocycles. The number of nitrogens with zero attached hydrogens (tertiary/aromatic N) is 3. The van der Waals surface area contributed by atoms with Crippen LogP contribution in [0.25, 0.3) is 0 Å². The lowest BCUT2D eigenvalue weighted by Gasteiger charge is -2.39. The highest BCUT2D eigenvalue weighted by atomic mass is 35.5. The van der Waals surface area contributed by atoms with Gasteiger partial charge in [0.25, 0.3) is 0 Å². The van der Waals surface area contributed by atoms with Gasteiger partial charge in [0, 0.05) is 50.2 Å². The van der Waals surface area contributed by atoms with E-state index in [9.17, 15) is 17.6 Å². The Hall–Kier alpha value is -2.16. The molecule has 0 unspecified atom stereocenters. The van der Waals surface area contributed by atoms with E-state index in [0.29, 0.717) is 68.4 Å². The second-order valence-electron chi connectivity index (χ2n) is 8.32. The molecule has 2 heterocycles. The predicted octanol–water partition coefficient (Wildman–Crippen LogP) is 3.37. The summed E-state index contributed by atoms with van der Waals surface area (Å²) in [6, 6.07) is 13.5. The number of rotatable bonds is 5. The molecule has 0 radical (unpaired) electrons. The number of halogens is 2. The summed E-state index contributed by atoms with van der Waals surface area (Å²) in [4.78, 5) is 16.8. The van der Waals surface area contributed by atoms with Crippen molar-refractivity contribution in [2.45, 2.75) is 18.6 Å². The number of hydrogen-bond donors (Lipinski definition) is 0. The SMILES string of the molecule is O=C(C1CCN(S(=O)(=O)Cc2cccc(Cl)c2)CC1)N1CCN(c2ccccc2F)CC1. The monoisotopic (exact) mass is 479 g/mol. The summed E-state index contributed by atoms with van der Waals surface area (Å²) in [5, 5.41) is 0.511. The Labute approximate surface area is 193 Å². The van der Waals surface area contributed by atoms with Crippen LogP contribution in [0.15, 0.2) is 48.5 Å². The molecule has 0 saturated carbocycles. The maximum absolute atomic E-state index is 14.0. The number of hydrogen-bond acceptors (Lipinski definition) is 4. The first kappa shape index (κ1) is 23.0. The topological polar surface area (TPSA) is 60.9 Å². The minimum absolute atomic E-state index is 0.0741. The Balaban J connectivity index is 1.29. The highest BCUT2D eigenvalue weighted by molar-refractivity contribution is 7.88. The first-order chi connectivity index (χ1) is 15.3. The molecular weight excluding hydrogens is 453 g/mol. The summed E-state index contributed by atoms with van der Waals surface area (Å²) in [5.41, 5.74) is 1.22. The third kappa shape index (κ3) is 5.24. The summed E-state index contributed by atoms with van der Waals surface area (Å²) in [6.45, 7) is 2.93. The first-order valence-corrected chi connectivity index (χ1v) is 12.8. The van der Waals surface area contributed by atoms with Crippen molar-refractivity contribution in [3.63, 3.8) is 0 Å². The van der Waals surface area contributed by atoms with E-state index in [4.69, 9.17) is 11.6 Å². The molecule has 2 aliphatic heterocycles. The van der Waals surface area contributed by atoms with Crippen LogP contribution in [0.5, 0.6) is 0 Å². The second kappa shape index (κ2) is 9.77. The van der Waals surface area contributed by atoms with Crippen LogP contribution in [0.3, 0.4) is 0 Å². The molecule has 6 nitrogen and oxygen atoms in total. The minimum Gasteiger partial charge on any atom is -0.366 e. The standard InChI is InChI=1S/C23H27ClFN3O3S/c24-20-5-3-4-18(16-20)17-32(30,31)28-10-8-19(9-11-28)23(29)27-14-12-26(13-15-27)22-7-2-1-6-21(22)25/h1-7,16,19H,8-15,17H2. The normalized spacial score (nSPS) is 18.7. The van der Waals surface area contributed by atoms with Gasteiger partial charge in [0.05, 0.1) is 11.4 Å². The molecular formula is C23H27ClFN3O3S. The minimum atomic E-state index is -3.46. The molecule has 1 amide bonds. The molecule has 2 aromatic rings. The Morgan fingerprint density at radius 1 is 0.969 bits per heavy atom. The third-order valence-electron chi connectivity index (χ3n) is 6.22. The first-order valence-electron chi connectivity index (χ1n) is 10.8. The van der Waals surface area contributed by atoms with Crippen LogP contribution in [-0.4, -0.2) is 62.8 Å². The molecule has 2 aliphatic rings. The van der Waals surface area contributed by atoms with Gasteiger partial charge in [-0.2, -0.15) is 0 Å². The second-order valence-corrected chi connectivity index (χ2v) is 10.7. The molecule has 172 valence electrons. The lowest BCUT2D eigenvalue weighted by atomic mass is 9.96. The summed E-state index contributed by atoms with van der Waals surface area (Å²) < 4.78 is 41.1. The van der Waals surface area contributed by atoms with E-state index >= 15 is 0 Å². The molecule has 32 heavy (non-hydrogen) atoms. The van der Waals surface area contributed by atoms with E-state index in [2.05, 4.69) is 0 Å². The lowest BCUT2D eigenvalue weighted by molar-refractivity contribution is -0.137. The van der Waals surface area contributed by atoms with Gasteiger partial charge in [0.2, 0.25) is 15.9 Å². The maximum atomic E-state index is 14.0. The summed E-state index contributed by atoms with van der Waals surface area (Å²) >= 11 is 5.97. The van der Waals surface area contributed by atoms with Gasteiger partial charge >= 0.3 is 0 Å². The number of piperidine rings is 1. The fourth-order valence-electron chi connectivity index (χ4n) is 4.44. The van der Waals surface area contributed by atoms with Crippen molar-refractivity contribution in [1.29, 1.82) is 0 Å². The molecule has 2 fully saturated rings. The number of piperazine rings is 1. The molecule has 0 bridgehead atoms. The fourth-order valence-corrected chi connectivity index (χ4v) is 6.21. The van der Waals surface area contributed by atoms with Gasteiger partial charge in [0.15, 0.2) is 0 Å². The Morgan fingerprint density at radius 3 is 2.31 bits per heavy atom. The number of anilines is 1. The van der Waals surface area contributed by atoms with E-state index in [0.717, 1.165) is 0 Å². The van der Waals surface area contributed by atoms with E-state index < -0.39 is 10.0 Å². The number of carbonyl (C=O) groups excluding carboxylic acids is 1. The zero-order valence-electron chi connectivity index (χ0n) is 17.8. The van der Waals surface area contributed by atoms with Crippen molar-refractivity contribution < 1.29 is 17.6 Å².